The zero-order valence-electron chi connectivity index (χ0n) is 20.8. The number of hydrogen-bond donors (Lipinski definition) is 2. The van der Waals surface area contributed by atoms with E-state index in [-0.39, 0.29) is 32.9 Å². The van der Waals surface area contributed by atoms with Crippen LogP contribution < -0.4 is 10.7 Å². The molecular formula is C28H33N4O4+. The van der Waals surface area contributed by atoms with Gasteiger partial charge in [0.25, 0.3) is 17.5 Å². The number of likely N-dealkylation sites (tertiary alicyclic amines) is 1. The van der Waals surface area contributed by atoms with Crippen molar-refractivity contribution in [2.75, 3.05) is 13.1 Å². The predicted molar refractivity (Wildman–Crippen MR) is 139 cm³/mol. The van der Waals surface area contributed by atoms with E-state index in [1.807, 2.05) is 50.2 Å². The van der Waals surface area contributed by atoms with Crippen LogP contribution in [-0.4, -0.2) is 40.5 Å². The van der Waals surface area contributed by atoms with Crippen LogP contribution in [0.1, 0.15) is 49.0 Å². The summed E-state index contributed by atoms with van der Waals surface area (Å²) in [6.45, 7) is 5.72. The van der Waals surface area contributed by atoms with E-state index in [1.54, 1.807) is 24.3 Å². The smallest absolute Gasteiger partial charge is 0.287 e. The van der Waals surface area contributed by atoms with Crippen LogP contribution in [-0.2, 0) is 11.3 Å². The van der Waals surface area contributed by atoms with Crippen LogP contribution in [0.3, 0.4) is 0 Å². The molecule has 1 fully saturated rings. The normalized spacial score (nSPS) is 15.5. The largest absolute Gasteiger partial charge is 0.340 e. The van der Waals surface area contributed by atoms with Crippen LogP contribution >= 0.6 is 0 Å². The lowest BCUT2D eigenvalue weighted by atomic mass is 10.0. The molecule has 0 saturated carbocycles. The first-order valence-corrected chi connectivity index (χ1v) is 12.5. The van der Waals surface area contributed by atoms with Gasteiger partial charge in [-0.05, 0) is 41.3 Å². The highest BCUT2D eigenvalue weighted by Gasteiger charge is 2.38. The van der Waals surface area contributed by atoms with Gasteiger partial charge in [-0.1, -0.05) is 56.3 Å². The summed E-state index contributed by atoms with van der Waals surface area (Å²) >= 11 is 0. The molecule has 0 aliphatic carbocycles. The predicted octanol–water partition coefficient (Wildman–Crippen LogP) is 4.73. The van der Waals surface area contributed by atoms with Gasteiger partial charge in [-0.2, -0.15) is 5.43 Å². The van der Waals surface area contributed by atoms with Crippen molar-refractivity contribution in [2.45, 2.75) is 45.7 Å². The number of hydrogen-bond acceptors (Lipinski definition) is 4. The fourth-order valence-corrected chi connectivity index (χ4v) is 4.99. The third-order valence-electron chi connectivity index (χ3n) is 6.77. The fourth-order valence-electron chi connectivity index (χ4n) is 4.99. The van der Waals surface area contributed by atoms with Crippen molar-refractivity contribution in [1.82, 2.24) is 10.7 Å². The van der Waals surface area contributed by atoms with Crippen molar-refractivity contribution in [2.24, 2.45) is 5.92 Å². The molecule has 2 N–H and O–H groups in total. The lowest BCUT2D eigenvalue weighted by Crippen LogP contribution is -2.62. The second-order valence-corrected chi connectivity index (χ2v) is 10.0. The van der Waals surface area contributed by atoms with E-state index in [2.05, 4.69) is 10.7 Å². The molecular weight excluding hydrogens is 456 g/mol. The molecule has 1 heterocycles. The minimum absolute atomic E-state index is 0.0551. The molecule has 8 heteroatoms. The Morgan fingerprint density at radius 1 is 0.972 bits per heavy atom. The standard InChI is InChI=1S/C28H32N4O4/c1-20(2)17-25(29-27(33)23-14-13-21-9-3-4-10-22(21)18-23)28(34)30-32(15-7-8-16-32)19-24-11-5-6-12-26(24)31(35)36/h3-6,9-14,18,20,25H,7-8,15-17,19H2,1-2H3,(H-,29,30,33,34)/p+1/t25-/m0/s1. The van der Waals surface area contributed by atoms with Gasteiger partial charge in [-0.25, -0.2) is 4.59 Å². The van der Waals surface area contributed by atoms with E-state index < -0.39 is 6.04 Å². The zero-order chi connectivity index (χ0) is 25.7. The molecule has 0 bridgehead atoms. The van der Waals surface area contributed by atoms with E-state index in [1.165, 1.54) is 6.07 Å². The van der Waals surface area contributed by atoms with Crippen molar-refractivity contribution < 1.29 is 19.1 Å². The van der Waals surface area contributed by atoms with Crippen LogP contribution in [0.5, 0.6) is 0 Å². The van der Waals surface area contributed by atoms with Gasteiger partial charge in [0.2, 0.25) is 0 Å². The summed E-state index contributed by atoms with van der Waals surface area (Å²) in [4.78, 5) is 37.9. The maximum Gasteiger partial charge on any atom is 0.287 e. The SMILES string of the molecule is CC(C)C[C@H](NC(=O)c1ccc2ccccc2c1)C(=O)N[N+]1(Cc2ccccc2[N+](=O)[O-])CCCC1. The van der Waals surface area contributed by atoms with E-state index in [9.17, 15) is 19.7 Å². The minimum atomic E-state index is -0.717. The minimum Gasteiger partial charge on any atom is -0.340 e. The van der Waals surface area contributed by atoms with Crippen LogP contribution in [0.25, 0.3) is 10.8 Å². The highest BCUT2D eigenvalue weighted by Crippen LogP contribution is 2.26. The number of carbonyl (C=O) groups excluding carboxylic acids is 2. The maximum absolute atomic E-state index is 13.6. The lowest BCUT2D eigenvalue weighted by Gasteiger charge is -2.35. The quantitative estimate of drug-likeness (QED) is 0.258. The molecule has 8 nitrogen and oxygen atoms in total. The second-order valence-electron chi connectivity index (χ2n) is 10.0. The number of quaternary nitrogens is 1. The molecule has 1 aliphatic rings. The lowest BCUT2D eigenvalue weighted by molar-refractivity contribution is -0.963. The molecule has 3 aromatic carbocycles. The molecule has 36 heavy (non-hydrogen) atoms. The summed E-state index contributed by atoms with van der Waals surface area (Å²) in [5.41, 5.74) is 4.30. The van der Waals surface area contributed by atoms with Crippen molar-refractivity contribution >= 4 is 28.3 Å². The second kappa shape index (κ2) is 10.9. The number of nitro groups is 1. The zero-order valence-corrected chi connectivity index (χ0v) is 20.8. The first-order valence-electron chi connectivity index (χ1n) is 12.5. The Morgan fingerprint density at radius 3 is 2.33 bits per heavy atom. The molecule has 0 aromatic heterocycles. The Bertz CT molecular complexity index is 1270. The molecule has 0 unspecified atom stereocenters. The Balaban J connectivity index is 1.54. The number of nitrogens with one attached hydrogen (secondary N) is 2. The van der Waals surface area contributed by atoms with Crippen molar-refractivity contribution in [3.8, 4) is 0 Å². The van der Waals surface area contributed by atoms with Crippen molar-refractivity contribution in [1.29, 1.82) is 0 Å². The summed E-state index contributed by atoms with van der Waals surface area (Å²) in [5, 5.41) is 16.5. The van der Waals surface area contributed by atoms with Crippen molar-refractivity contribution in [3.05, 3.63) is 88.0 Å². The summed E-state index contributed by atoms with van der Waals surface area (Å²) in [6, 6.07) is 19.3. The number of nitrogens with zero attached hydrogens (tertiary/aromatic N) is 2. The van der Waals surface area contributed by atoms with Crippen LogP contribution in [0.2, 0.25) is 0 Å². The third-order valence-corrected chi connectivity index (χ3v) is 6.77. The Kier molecular flexibility index (Phi) is 7.64. The number of para-hydroxylation sites is 1. The van der Waals surface area contributed by atoms with E-state index >= 15 is 0 Å². The molecule has 1 aliphatic heterocycles. The molecule has 4 rings (SSSR count). The molecule has 2 amide bonds. The van der Waals surface area contributed by atoms with Gasteiger partial charge in [-0.15, -0.1) is 0 Å². The fraction of sp³-hybridized carbons (Fsp3) is 0.357. The highest BCUT2D eigenvalue weighted by atomic mass is 16.6. The molecule has 0 spiro atoms. The molecule has 1 saturated heterocycles. The monoisotopic (exact) mass is 489 g/mol. The van der Waals surface area contributed by atoms with E-state index in [0.29, 0.717) is 37.2 Å². The number of nitro benzene ring substituents is 1. The van der Waals surface area contributed by atoms with Crippen LogP contribution in [0.15, 0.2) is 66.7 Å². The Morgan fingerprint density at radius 2 is 1.64 bits per heavy atom. The van der Waals surface area contributed by atoms with Gasteiger partial charge in [0.15, 0.2) is 0 Å². The van der Waals surface area contributed by atoms with Gasteiger partial charge < -0.3 is 5.32 Å². The average Bonchev–Trinajstić information content (AvgIpc) is 3.30. The summed E-state index contributed by atoms with van der Waals surface area (Å²) in [5.74, 6) is -0.383. The summed E-state index contributed by atoms with van der Waals surface area (Å²) < 4.78 is 0.240. The Hall–Kier alpha value is -3.78. The van der Waals surface area contributed by atoms with Gasteiger partial charge in [-0.3, -0.25) is 19.7 Å². The molecule has 188 valence electrons. The van der Waals surface area contributed by atoms with E-state index in [0.717, 1.165) is 23.6 Å². The number of amides is 2. The van der Waals surface area contributed by atoms with Gasteiger partial charge in [0, 0.05) is 24.5 Å². The summed E-state index contributed by atoms with van der Waals surface area (Å²) in [6.07, 6.45) is 2.31. The first-order chi connectivity index (χ1) is 17.3. The van der Waals surface area contributed by atoms with E-state index in [4.69, 9.17) is 0 Å². The molecule has 3 aromatic rings. The Labute approximate surface area is 211 Å². The third kappa shape index (κ3) is 5.88. The highest BCUT2D eigenvalue weighted by molar-refractivity contribution is 6.00. The number of fused-ring (bicyclic) bond motifs is 1. The first kappa shape index (κ1) is 25.3. The maximum atomic E-state index is 13.6. The van der Waals surface area contributed by atoms with Crippen molar-refractivity contribution in [3.63, 3.8) is 0 Å². The molecule has 0 radical (unpaired) electrons. The van der Waals surface area contributed by atoms with Crippen LogP contribution in [0, 0.1) is 16.0 Å². The van der Waals surface area contributed by atoms with Gasteiger partial charge in [0.1, 0.15) is 25.7 Å². The number of benzene rings is 3. The summed E-state index contributed by atoms with van der Waals surface area (Å²) in [7, 11) is 0. The van der Waals surface area contributed by atoms with Crippen LogP contribution in [0.4, 0.5) is 5.69 Å². The average molecular weight is 490 g/mol. The van der Waals surface area contributed by atoms with Gasteiger partial charge >= 0.3 is 0 Å². The number of carbonyl (C=O) groups is 2. The number of rotatable bonds is 9. The topological polar surface area (TPSA) is 101 Å². The van der Waals surface area contributed by atoms with Gasteiger partial charge in [0.05, 0.1) is 10.5 Å². The molecule has 1 atom stereocenters.